The summed E-state index contributed by atoms with van der Waals surface area (Å²) < 4.78 is 8.03. The number of anilines is 3. The van der Waals surface area contributed by atoms with Crippen molar-refractivity contribution in [2.24, 2.45) is 0 Å². The zero-order valence-corrected chi connectivity index (χ0v) is 19.3. The predicted molar refractivity (Wildman–Crippen MR) is 128 cm³/mol. The molecule has 2 aliphatic heterocycles. The maximum absolute atomic E-state index is 12.8. The average molecular weight is 467 g/mol. The monoisotopic (exact) mass is 466 g/mol. The molecule has 172 valence electrons. The molecule has 0 unspecified atom stereocenters. The quantitative estimate of drug-likeness (QED) is 0.508. The fraction of sp³-hybridized carbons (Fsp3) is 0.458. The molecular weight excluding hydrogens is 440 g/mol. The molecule has 1 aromatic carbocycles. The van der Waals surface area contributed by atoms with Crippen LogP contribution >= 0.6 is 11.6 Å². The van der Waals surface area contributed by atoms with Crippen LogP contribution < -0.4 is 11.1 Å². The molecule has 2 bridgehead atoms. The highest BCUT2D eigenvalue weighted by molar-refractivity contribution is 6.33. The number of amides is 1. The number of rotatable bonds is 4. The molecule has 1 aliphatic carbocycles. The van der Waals surface area contributed by atoms with Crippen LogP contribution in [0.15, 0.2) is 36.8 Å². The van der Waals surface area contributed by atoms with E-state index < -0.39 is 0 Å². The van der Waals surface area contributed by atoms with E-state index in [9.17, 15) is 4.79 Å². The smallest absolute Gasteiger partial charge is 0.410 e. The molecule has 6 rings (SSSR count). The summed E-state index contributed by atoms with van der Waals surface area (Å²) in [6.07, 6.45) is 9.34. The SMILES string of the molecule is CC1(OC(=O)N2[C@H]3CC[C@H]2CC(n2ccc4c(Nc5ccc(N)cc5Cl)ncnc42)C3)CC1. The highest BCUT2D eigenvalue weighted by atomic mass is 35.5. The van der Waals surface area contributed by atoms with Crippen molar-refractivity contribution in [1.82, 2.24) is 19.4 Å². The molecule has 2 atom stereocenters. The number of carbonyl (C=O) groups is 1. The van der Waals surface area contributed by atoms with E-state index in [0.29, 0.717) is 16.5 Å². The highest BCUT2D eigenvalue weighted by Gasteiger charge is 2.48. The van der Waals surface area contributed by atoms with Gasteiger partial charge in [0.2, 0.25) is 0 Å². The van der Waals surface area contributed by atoms with E-state index in [0.717, 1.165) is 55.2 Å². The Morgan fingerprint density at radius 1 is 1.18 bits per heavy atom. The summed E-state index contributed by atoms with van der Waals surface area (Å²) in [6.45, 7) is 2.02. The van der Waals surface area contributed by atoms with E-state index in [2.05, 4.69) is 26.0 Å². The van der Waals surface area contributed by atoms with Crippen LogP contribution in [0.2, 0.25) is 5.02 Å². The average Bonchev–Trinajstić information content (AvgIpc) is 3.23. The van der Waals surface area contributed by atoms with Gasteiger partial charge in [0.05, 0.1) is 16.1 Å². The van der Waals surface area contributed by atoms with Crippen LogP contribution in [0.1, 0.15) is 51.5 Å². The Balaban J connectivity index is 1.24. The standard InChI is InChI=1S/C24H27ClN6O2/c1-24(7-8-24)33-23(32)31-15-3-4-16(31)12-17(11-15)30-9-6-18-21(27-13-28-22(18)30)29-20-5-2-14(26)10-19(20)25/h2,5-6,9-10,13,15-17H,3-4,7-8,11-12,26H2,1H3,(H,27,28,29)/t15-,16-/m0/s1. The van der Waals surface area contributed by atoms with Crippen molar-refractivity contribution >= 4 is 45.9 Å². The molecule has 3 N–H and O–H groups in total. The molecule has 33 heavy (non-hydrogen) atoms. The van der Waals surface area contributed by atoms with Gasteiger partial charge in [-0.2, -0.15) is 0 Å². The van der Waals surface area contributed by atoms with Gasteiger partial charge >= 0.3 is 6.09 Å². The number of hydrogen-bond donors (Lipinski definition) is 2. The van der Waals surface area contributed by atoms with Crippen molar-refractivity contribution in [3.8, 4) is 0 Å². The van der Waals surface area contributed by atoms with E-state index in [1.165, 1.54) is 0 Å². The number of benzene rings is 1. The summed E-state index contributed by atoms with van der Waals surface area (Å²) in [4.78, 5) is 23.9. The first-order valence-corrected chi connectivity index (χ1v) is 11.9. The van der Waals surface area contributed by atoms with Crippen molar-refractivity contribution in [3.63, 3.8) is 0 Å². The number of hydrogen-bond acceptors (Lipinski definition) is 6. The van der Waals surface area contributed by atoms with Crippen LogP contribution in [0.5, 0.6) is 0 Å². The third-order valence-electron chi connectivity index (χ3n) is 7.36. The van der Waals surface area contributed by atoms with Gasteiger partial charge in [-0.05, 0) is 69.7 Å². The van der Waals surface area contributed by atoms with Crippen molar-refractivity contribution in [2.75, 3.05) is 11.1 Å². The van der Waals surface area contributed by atoms with Gasteiger partial charge in [0.15, 0.2) is 0 Å². The molecule has 0 radical (unpaired) electrons. The third kappa shape index (κ3) is 3.66. The van der Waals surface area contributed by atoms with E-state index in [1.807, 2.05) is 24.0 Å². The molecule has 1 amide bonds. The first kappa shape index (κ1) is 20.6. The fourth-order valence-electron chi connectivity index (χ4n) is 5.34. The normalized spacial score (nSPS) is 25.3. The van der Waals surface area contributed by atoms with Gasteiger partial charge in [-0.15, -0.1) is 0 Å². The summed E-state index contributed by atoms with van der Waals surface area (Å²) in [5.41, 5.74) is 7.81. The lowest BCUT2D eigenvalue weighted by atomic mass is 9.97. The number of halogens is 1. The topological polar surface area (TPSA) is 98.3 Å². The molecule has 8 nitrogen and oxygen atoms in total. The van der Waals surface area contributed by atoms with Gasteiger partial charge in [-0.1, -0.05) is 11.6 Å². The number of nitrogens with one attached hydrogen (secondary N) is 1. The van der Waals surface area contributed by atoms with Crippen LogP contribution in [0.4, 0.5) is 22.0 Å². The Hall–Kier alpha value is -3.00. The summed E-state index contributed by atoms with van der Waals surface area (Å²) in [7, 11) is 0. The minimum atomic E-state index is -0.238. The Morgan fingerprint density at radius 3 is 2.64 bits per heavy atom. The van der Waals surface area contributed by atoms with Crippen molar-refractivity contribution in [3.05, 3.63) is 41.8 Å². The number of piperidine rings is 1. The van der Waals surface area contributed by atoms with Gasteiger partial charge in [0.25, 0.3) is 0 Å². The first-order valence-electron chi connectivity index (χ1n) is 11.6. The van der Waals surface area contributed by atoms with E-state index in [4.69, 9.17) is 22.1 Å². The second-order valence-electron chi connectivity index (χ2n) is 9.78. The van der Waals surface area contributed by atoms with Crippen molar-refractivity contribution < 1.29 is 9.53 Å². The minimum Gasteiger partial charge on any atom is -0.443 e. The minimum absolute atomic E-state index is 0.132. The second-order valence-corrected chi connectivity index (χ2v) is 10.2. The van der Waals surface area contributed by atoms with E-state index in [1.54, 1.807) is 18.5 Å². The van der Waals surface area contributed by atoms with Gasteiger partial charge in [0.1, 0.15) is 23.4 Å². The number of aromatic nitrogens is 3. The molecule has 4 heterocycles. The third-order valence-corrected chi connectivity index (χ3v) is 7.67. The summed E-state index contributed by atoms with van der Waals surface area (Å²) in [5, 5.41) is 4.79. The summed E-state index contributed by atoms with van der Waals surface area (Å²) in [6, 6.07) is 8.12. The van der Waals surface area contributed by atoms with Crippen LogP contribution in [0.3, 0.4) is 0 Å². The van der Waals surface area contributed by atoms with E-state index in [-0.39, 0.29) is 29.8 Å². The maximum Gasteiger partial charge on any atom is 0.410 e. The Labute approximate surface area is 197 Å². The van der Waals surface area contributed by atoms with Gasteiger partial charge in [-0.25, -0.2) is 14.8 Å². The zero-order chi connectivity index (χ0) is 22.7. The van der Waals surface area contributed by atoms with Gasteiger partial charge in [-0.3, -0.25) is 0 Å². The first-order chi connectivity index (χ1) is 15.9. The van der Waals surface area contributed by atoms with E-state index >= 15 is 0 Å². The lowest BCUT2D eigenvalue weighted by Crippen LogP contribution is -2.48. The molecule has 2 aromatic heterocycles. The fourth-order valence-corrected chi connectivity index (χ4v) is 5.58. The molecule has 3 fully saturated rings. The lowest BCUT2D eigenvalue weighted by molar-refractivity contribution is 0.0285. The molecule has 3 aliphatic rings. The summed E-state index contributed by atoms with van der Waals surface area (Å²) in [5.74, 6) is 0.701. The van der Waals surface area contributed by atoms with Crippen molar-refractivity contribution in [1.29, 1.82) is 0 Å². The van der Waals surface area contributed by atoms with Crippen LogP contribution in [-0.4, -0.2) is 43.2 Å². The Morgan fingerprint density at radius 2 is 1.94 bits per heavy atom. The molecular formula is C24H27ClN6O2. The number of fused-ring (bicyclic) bond motifs is 3. The highest BCUT2D eigenvalue weighted by Crippen LogP contribution is 2.45. The molecule has 2 saturated heterocycles. The number of carbonyl (C=O) groups excluding carboxylic acids is 1. The number of nitrogens with zero attached hydrogens (tertiary/aromatic N) is 4. The number of nitrogens with two attached hydrogens (primary N) is 1. The number of nitrogen functional groups attached to an aromatic ring is 1. The van der Waals surface area contributed by atoms with Crippen molar-refractivity contribution in [2.45, 2.75) is 69.2 Å². The van der Waals surface area contributed by atoms with Gasteiger partial charge in [0, 0.05) is 30.0 Å². The van der Waals surface area contributed by atoms with Crippen LogP contribution in [-0.2, 0) is 4.74 Å². The predicted octanol–water partition coefficient (Wildman–Crippen LogP) is 5.27. The lowest BCUT2D eigenvalue weighted by Gasteiger charge is -2.39. The molecule has 3 aromatic rings. The molecule has 9 heteroatoms. The molecule has 1 saturated carbocycles. The second kappa shape index (κ2) is 7.52. The zero-order valence-electron chi connectivity index (χ0n) is 18.5. The van der Waals surface area contributed by atoms with Gasteiger partial charge < -0.3 is 25.3 Å². The van der Waals surface area contributed by atoms with Crippen LogP contribution in [0, 0.1) is 0 Å². The largest absolute Gasteiger partial charge is 0.443 e. The summed E-state index contributed by atoms with van der Waals surface area (Å²) >= 11 is 6.35. The Kier molecular flexibility index (Phi) is 4.69. The number of ether oxygens (including phenoxy) is 1. The molecule has 0 spiro atoms. The van der Waals surface area contributed by atoms with Crippen LogP contribution in [0.25, 0.3) is 11.0 Å². The maximum atomic E-state index is 12.8. The Bertz CT molecular complexity index is 1220.